The number of esters is 1. The fraction of sp³-hybridized carbons (Fsp3) is 0.433. The van der Waals surface area contributed by atoms with E-state index < -0.39 is 63.6 Å². The Balaban J connectivity index is 2.21. The van der Waals surface area contributed by atoms with Crippen LogP contribution in [0.15, 0.2) is 47.6 Å². The van der Waals surface area contributed by atoms with Gasteiger partial charge in [-0.1, -0.05) is 48.5 Å². The van der Waals surface area contributed by atoms with Crippen molar-refractivity contribution < 1.29 is 49.9 Å². The Hall–Kier alpha value is -3.90. The summed E-state index contributed by atoms with van der Waals surface area (Å²) in [6.45, 7) is 7.73. The zero-order valence-corrected chi connectivity index (χ0v) is 24.3. The first kappa shape index (κ1) is 35.3. The highest BCUT2D eigenvalue weighted by Crippen LogP contribution is 2.39. The molecule has 0 aromatic heterocycles. The Morgan fingerprint density at radius 1 is 0.953 bits per heavy atom. The number of rotatable bonds is 13. The fourth-order valence-electron chi connectivity index (χ4n) is 4.12. The third kappa shape index (κ3) is 9.82. The summed E-state index contributed by atoms with van der Waals surface area (Å²) < 4.78 is 100.0. The van der Waals surface area contributed by atoms with Crippen molar-refractivity contribution in [2.75, 3.05) is 11.9 Å². The number of nitrogens with one attached hydrogen (secondary N) is 1. The lowest BCUT2D eigenvalue weighted by Gasteiger charge is -2.29. The SMILES string of the molecule is CCOC(=O)/C=C/CC(C)(CCc1ccccc1)C/C(C)=N/OC(C)(C)C(=O)Nc1c(F)c(F)c(C(F)(F)F)c(F)c1F. The highest BCUT2D eigenvalue weighted by molar-refractivity contribution is 5.97. The van der Waals surface area contributed by atoms with Crippen molar-refractivity contribution in [2.45, 2.75) is 72.1 Å². The largest absolute Gasteiger partial charge is 0.463 e. The number of ether oxygens (including phenoxy) is 1. The van der Waals surface area contributed by atoms with Gasteiger partial charge in [-0.3, -0.25) is 4.79 Å². The van der Waals surface area contributed by atoms with Crippen LogP contribution in [0.5, 0.6) is 0 Å². The molecule has 0 aliphatic carbocycles. The molecule has 2 aromatic rings. The van der Waals surface area contributed by atoms with Crippen LogP contribution in [0.25, 0.3) is 0 Å². The number of nitrogens with zero attached hydrogens (tertiary/aromatic N) is 1. The number of hydrogen-bond acceptors (Lipinski definition) is 5. The van der Waals surface area contributed by atoms with Gasteiger partial charge >= 0.3 is 12.1 Å². The molecular formula is C30H33F7N2O4. The molecule has 0 radical (unpaired) electrons. The molecule has 0 saturated heterocycles. The van der Waals surface area contributed by atoms with Crippen molar-refractivity contribution in [1.29, 1.82) is 0 Å². The number of benzene rings is 2. The van der Waals surface area contributed by atoms with Crippen LogP contribution >= 0.6 is 0 Å². The molecule has 1 amide bonds. The van der Waals surface area contributed by atoms with Gasteiger partial charge < -0.3 is 14.9 Å². The number of hydrogen-bond donors (Lipinski definition) is 1. The molecule has 13 heteroatoms. The van der Waals surface area contributed by atoms with Gasteiger partial charge in [-0.25, -0.2) is 22.4 Å². The standard InChI is InChI=1S/C30H33F7N2O4/c1-6-42-20(40)13-10-15-29(5,16-14-19-11-8-7-9-12-19)17-18(2)39-43-28(3,4)27(41)38-26-24(33)22(31)21(30(35,36)37)23(32)25(26)34/h7-13H,6,14-17H2,1-5H3,(H,38,41)/b13-10+,39-18+. The molecule has 1 atom stereocenters. The van der Waals surface area contributed by atoms with Crippen molar-refractivity contribution in [3.05, 3.63) is 76.9 Å². The van der Waals surface area contributed by atoms with E-state index in [0.29, 0.717) is 31.4 Å². The van der Waals surface area contributed by atoms with Gasteiger partial charge in [-0.15, -0.1) is 0 Å². The Bertz CT molecular complexity index is 1330. The molecule has 0 saturated carbocycles. The first-order valence-corrected chi connectivity index (χ1v) is 13.3. The average Bonchev–Trinajstić information content (AvgIpc) is 2.92. The van der Waals surface area contributed by atoms with Gasteiger partial charge in [0, 0.05) is 6.08 Å². The van der Waals surface area contributed by atoms with E-state index in [2.05, 4.69) is 5.16 Å². The molecule has 0 aliphatic rings. The number of amides is 1. The quantitative estimate of drug-likeness (QED) is 0.0618. The Kier molecular flexibility index (Phi) is 11.9. The maximum absolute atomic E-state index is 14.3. The van der Waals surface area contributed by atoms with Crippen molar-refractivity contribution in [3.8, 4) is 0 Å². The average molecular weight is 619 g/mol. The summed E-state index contributed by atoms with van der Waals surface area (Å²) in [7, 11) is 0. The summed E-state index contributed by atoms with van der Waals surface area (Å²) in [6, 6.07) is 9.66. The van der Waals surface area contributed by atoms with Crippen LogP contribution in [0.2, 0.25) is 0 Å². The topological polar surface area (TPSA) is 77.0 Å². The summed E-state index contributed by atoms with van der Waals surface area (Å²) in [5, 5.41) is 5.51. The lowest BCUT2D eigenvalue weighted by Crippen LogP contribution is -2.39. The minimum Gasteiger partial charge on any atom is -0.463 e. The van der Waals surface area contributed by atoms with E-state index in [1.165, 1.54) is 6.08 Å². The minimum absolute atomic E-state index is 0.225. The van der Waals surface area contributed by atoms with Gasteiger partial charge in [-0.2, -0.15) is 13.2 Å². The van der Waals surface area contributed by atoms with Gasteiger partial charge in [0.25, 0.3) is 5.91 Å². The molecule has 0 spiro atoms. The molecule has 1 unspecified atom stereocenters. The van der Waals surface area contributed by atoms with E-state index in [4.69, 9.17) is 9.57 Å². The Morgan fingerprint density at radius 2 is 1.53 bits per heavy atom. The van der Waals surface area contributed by atoms with Crippen LogP contribution in [-0.4, -0.2) is 29.8 Å². The second kappa shape index (κ2) is 14.5. The second-order valence-corrected chi connectivity index (χ2v) is 10.7. The van der Waals surface area contributed by atoms with Crippen LogP contribution in [0.3, 0.4) is 0 Å². The van der Waals surface area contributed by atoms with Gasteiger partial charge in [0.2, 0.25) is 5.60 Å². The molecule has 43 heavy (non-hydrogen) atoms. The van der Waals surface area contributed by atoms with E-state index in [1.54, 1.807) is 25.2 Å². The van der Waals surface area contributed by atoms with Gasteiger partial charge in [0.1, 0.15) is 11.3 Å². The summed E-state index contributed by atoms with van der Waals surface area (Å²) in [5.41, 5.74) is -5.47. The van der Waals surface area contributed by atoms with Crippen molar-refractivity contribution in [2.24, 2.45) is 10.6 Å². The lowest BCUT2D eigenvalue weighted by atomic mass is 9.77. The molecular weight excluding hydrogens is 585 g/mol. The molecule has 0 aliphatic heterocycles. The lowest BCUT2D eigenvalue weighted by molar-refractivity contribution is -0.143. The van der Waals surface area contributed by atoms with Crippen LogP contribution in [0, 0.1) is 28.7 Å². The molecule has 2 rings (SSSR count). The third-order valence-corrected chi connectivity index (χ3v) is 6.46. The number of aryl methyl sites for hydroxylation is 1. The fourth-order valence-corrected chi connectivity index (χ4v) is 4.12. The minimum atomic E-state index is -5.72. The monoisotopic (exact) mass is 618 g/mol. The van der Waals surface area contributed by atoms with E-state index in [-0.39, 0.29) is 6.61 Å². The highest BCUT2D eigenvalue weighted by atomic mass is 19.4. The molecule has 0 fully saturated rings. The Morgan fingerprint density at radius 3 is 2.07 bits per heavy atom. The molecule has 0 bridgehead atoms. The van der Waals surface area contributed by atoms with E-state index in [0.717, 1.165) is 19.4 Å². The van der Waals surface area contributed by atoms with E-state index in [1.807, 2.05) is 37.3 Å². The third-order valence-electron chi connectivity index (χ3n) is 6.46. The maximum atomic E-state index is 14.3. The van der Waals surface area contributed by atoms with Gasteiger partial charge in [-0.05, 0) is 64.4 Å². The second-order valence-electron chi connectivity index (χ2n) is 10.7. The number of alkyl halides is 3. The zero-order chi connectivity index (χ0) is 32.6. The maximum Gasteiger partial charge on any atom is 0.422 e. The summed E-state index contributed by atoms with van der Waals surface area (Å²) in [5.74, 6) is -12.1. The van der Waals surface area contributed by atoms with Gasteiger partial charge in [0.05, 0.1) is 12.3 Å². The summed E-state index contributed by atoms with van der Waals surface area (Å²) in [6.07, 6.45) is -0.597. The number of carbonyl (C=O) groups excluding carboxylic acids is 2. The normalized spacial score (nSPS) is 14.0. The smallest absolute Gasteiger partial charge is 0.422 e. The molecule has 6 nitrogen and oxygen atoms in total. The van der Waals surface area contributed by atoms with Crippen LogP contribution in [-0.2, 0) is 31.8 Å². The van der Waals surface area contributed by atoms with E-state index in [9.17, 15) is 40.3 Å². The number of carbonyl (C=O) groups is 2. The first-order valence-electron chi connectivity index (χ1n) is 13.3. The van der Waals surface area contributed by atoms with Crippen LogP contribution < -0.4 is 5.32 Å². The predicted molar refractivity (Wildman–Crippen MR) is 146 cm³/mol. The number of allylic oxidation sites excluding steroid dienone is 1. The van der Waals surface area contributed by atoms with Crippen LogP contribution in [0.4, 0.5) is 36.4 Å². The zero-order valence-electron chi connectivity index (χ0n) is 24.3. The Labute approximate surface area is 244 Å². The van der Waals surface area contributed by atoms with E-state index >= 15 is 0 Å². The highest BCUT2D eigenvalue weighted by Gasteiger charge is 2.43. The molecule has 0 heterocycles. The molecule has 1 N–H and O–H groups in total. The molecule has 2 aromatic carbocycles. The number of anilines is 1. The van der Waals surface area contributed by atoms with Crippen LogP contribution in [0.1, 0.15) is 65.0 Å². The van der Waals surface area contributed by atoms with Crippen molar-refractivity contribution in [1.82, 2.24) is 0 Å². The molecule has 236 valence electrons. The first-order chi connectivity index (χ1) is 19.9. The number of oxime groups is 1. The summed E-state index contributed by atoms with van der Waals surface area (Å²) in [4.78, 5) is 29.7. The van der Waals surface area contributed by atoms with Gasteiger partial charge in [0.15, 0.2) is 23.3 Å². The summed E-state index contributed by atoms with van der Waals surface area (Å²) >= 11 is 0. The van der Waals surface area contributed by atoms with Crippen molar-refractivity contribution >= 4 is 23.3 Å². The van der Waals surface area contributed by atoms with Crippen molar-refractivity contribution in [3.63, 3.8) is 0 Å². The number of halogens is 7. The predicted octanol–water partition coefficient (Wildman–Crippen LogP) is 7.91.